The van der Waals surface area contributed by atoms with E-state index in [9.17, 15) is 18.5 Å². The maximum absolute atomic E-state index is 13.0. The topological polar surface area (TPSA) is 105 Å². The average molecular weight is 455 g/mol. The second-order valence-electron chi connectivity index (χ2n) is 8.84. The number of nitrogens with zero attached hydrogens (tertiary/aromatic N) is 3. The zero-order chi connectivity index (χ0) is 22.6. The molecule has 2 saturated heterocycles. The summed E-state index contributed by atoms with van der Waals surface area (Å²) in [5.74, 6) is 0.289. The van der Waals surface area contributed by atoms with Gasteiger partial charge < -0.3 is 10.1 Å². The first kappa shape index (κ1) is 23.9. The van der Waals surface area contributed by atoms with Gasteiger partial charge in [0.25, 0.3) is 5.69 Å². The van der Waals surface area contributed by atoms with Gasteiger partial charge in [-0.25, -0.2) is 8.42 Å². The lowest BCUT2D eigenvalue weighted by Gasteiger charge is -2.35. The lowest BCUT2D eigenvalue weighted by molar-refractivity contribution is -0.384. The summed E-state index contributed by atoms with van der Waals surface area (Å²) in [6, 6.07) is 4.16. The first-order valence-electron chi connectivity index (χ1n) is 11.1. The Morgan fingerprint density at radius 3 is 2.55 bits per heavy atom. The lowest BCUT2D eigenvalue weighted by atomic mass is 10.0. The molecule has 2 aliphatic rings. The minimum absolute atomic E-state index is 0.0184. The van der Waals surface area contributed by atoms with Crippen molar-refractivity contribution in [2.75, 3.05) is 44.6 Å². The second kappa shape index (κ2) is 10.2. The fraction of sp³-hybridized carbons (Fsp3) is 0.714. The van der Waals surface area contributed by atoms with E-state index in [0.29, 0.717) is 25.3 Å². The summed E-state index contributed by atoms with van der Waals surface area (Å²) < 4.78 is 33.1. The van der Waals surface area contributed by atoms with E-state index in [1.54, 1.807) is 0 Å². The maximum Gasteiger partial charge on any atom is 0.293 e. The van der Waals surface area contributed by atoms with E-state index in [1.165, 1.54) is 22.5 Å². The Labute approximate surface area is 184 Å². The van der Waals surface area contributed by atoms with E-state index in [-0.39, 0.29) is 28.7 Å². The van der Waals surface area contributed by atoms with Crippen LogP contribution >= 0.6 is 0 Å². The lowest BCUT2D eigenvalue weighted by Crippen LogP contribution is -2.45. The molecule has 0 aromatic heterocycles. The monoisotopic (exact) mass is 454 g/mol. The highest BCUT2D eigenvalue weighted by atomic mass is 32.2. The molecule has 3 unspecified atom stereocenters. The molecule has 3 rings (SSSR count). The molecule has 0 amide bonds. The van der Waals surface area contributed by atoms with Crippen LogP contribution in [0, 0.1) is 16.0 Å². The normalized spacial score (nSPS) is 26.0. The van der Waals surface area contributed by atoms with Crippen molar-refractivity contribution in [2.45, 2.75) is 57.1 Å². The molecule has 0 saturated carbocycles. The van der Waals surface area contributed by atoms with E-state index >= 15 is 0 Å². The minimum atomic E-state index is -3.74. The van der Waals surface area contributed by atoms with Gasteiger partial charge >= 0.3 is 0 Å². The van der Waals surface area contributed by atoms with Crippen LogP contribution in [0.3, 0.4) is 0 Å². The van der Waals surface area contributed by atoms with Crippen LogP contribution in [0.5, 0.6) is 0 Å². The summed E-state index contributed by atoms with van der Waals surface area (Å²) in [5, 5.41) is 14.7. The number of hydrogen-bond donors (Lipinski definition) is 1. The Hall–Kier alpha value is -1.75. The Kier molecular flexibility index (Phi) is 7.90. The summed E-state index contributed by atoms with van der Waals surface area (Å²) in [5.41, 5.74) is 0.138. The third-order valence-corrected chi connectivity index (χ3v) is 7.75. The molecule has 31 heavy (non-hydrogen) atoms. The average Bonchev–Trinajstić information content (AvgIpc) is 2.70. The summed E-state index contributed by atoms with van der Waals surface area (Å²) >= 11 is 0. The third-order valence-electron chi connectivity index (χ3n) is 5.89. The van der Waals surface area contributed by atoms with Crippen LogP contribution in [0.1, 0.15) is 40.0 Å². The predicted octanol–water partition coefficient (Wildman–Crippen LogP) is 2.93. The number of hydrogen-bond acceptors (Lipinski definition) is 7. The molecule has 2 heterocycles. The highest BCUT2D eigenvalue weighted by molar-refractivity contribution is 7.89. The van der Waals surface area contributed by atoms with Gasteiger partial charge in [0.15, 0.2) is 0 Å². The van der Waals surface area contributed by atoms with Gasteiger partial charge in [0.2, 0.25) is 10.0 Å². The first-order valence-corrected chi connectivity index (χ1v) is 12.5. The molecule has 10 heteroatoms. The summed E-state index contributed by atoms with van der Waals surface area (Å²) in [7, 11) is -3.74. The molecule has 0 radical (unpaired) electrons. The molecule has 2 aliphatic heterocycles. The van der Waals surface area contributed by atoms with Crippen LogP contribution in [-0.4, -0.2) is 74.0 Å². The van der Waals surface area contributed by atoms with E-state index in [4.69, 9.17) is 4.74 Å². The van der Waals surface area contributed by atoms with Crippen LogP contribution in [0.2, 0.25) is 0 Å². The molecular weight excluding hydrogens is 420 g/mol. The van der Waals surface area contributed by atoms with Crippen molar-refractivity contribution in [3.05, 3.63) is 28.3 Å². The summed E-state index contributed by atoms with van der Waals surface area (Å²) in [6.45, 7) is 10.3. The van der Waals surface area contributed by atoms with Crippen molar-refractivity contribution >= 4 is 21.4 Å². The van der Waals surface area contributed by atoms with E-state index in [0.717, 1.165) is 38.9 Å². The first-order chi connectivity index (χ1) is 14.7. The van der Waals surface area contributed by atoms with Gasteiger partial charge in [0.1, 0.15) is 5.69 Å². The Balaban J connectivity index is 1.63. The van der Waals surface area contributed by atoms with Gasteiger partial charge in [0, 0.05) is 45.3 Å². The fourth-order valence-corrected chi connectivity index (χ4v) is 6.10. The Morgan fingerprint density at radius 2 is 1.90 bits per heavy atom. The summed E-state index contributed by atoms with van der Waals surface area (Å²) in [6.07, 6.45) is 3.04. The number of sulfonamides is 1. The zero-order valence-corrected chi connectivity index (χ0v) is 19.4. The molecule has 1 aromatic rings. The van der Waals surface area contributed by atoms with Crippen molar-refractivity contribution in [1.29, 1.82) is 0 Å². The van der Waals surface area contributed by atoms with Gasteiger partial charge in [-0.05, 0) is 51.2 Å². The van der Waals surface area contributed by atoms with Gasteiger partial charge in [-0.15, -0.1) is 0 Å². The van der Waals surface area contributed by atoms with Crippen LogP contribution in [0.15, 0.2) is 23.1 Å². The molecule has 174 valence electrons. The van der Waals surface area contributed by atoms with E-state index < -0.39 is 14.9 Å². The number of morpholine rings is 1. The van der Waals surface area contributed by atoms with E-state index in [1.807, 2.05) is 6.92 Å². The zero-order valence-electron chi connectivity index (χ0n) is 18.6. The fourth-order valence-electron chi connectivity index (χ4n) is 4.48. The number of ether oxygens (including phenoxy) is 1. The SMILES string of the molecule is CC1CCCN(S(=O)(=O)c2ccc(NCCCN3CC(C)OC(C)C3)c([N+](=O)[O-])c2)C1. The van der Waals surface area contributed by atoms with Crippen molar-refractivity contribution in [1.82, 2.24) is 9.21 Å². The number of nitro groups is 1. The van der Waals surface area contributed by atoms with Gasteiger partial charge in [-0.1, -0.05) is 6.92 Å². The molecule has 1 N–H and O–H groups in total. The summed E-state index contributed by atoms with van der Waals surface area (Å²) in [4.78, 5) is 13.4. The van der Waals surface area contributed by atoms with Crippen molar-refractivity contribution in [3.8, 4) is 0 Å². The predicted molar refractivity (Wildman–Crippen MR) is 120 cm³/mol. The molecule has 0 bridgehead atoms. The molecule has 1 aromatic carbocycles. The highest BCUT2D eigenvalue weighted by Gasteiger charge is 2.30. The van der Waals surface area contributed by atoms with E-state index in [2.05, 4.69) is 24.1 Å². The van der Waals surface area contributed by atoms with Crippen molar-refractivity contribution in [3.63, 3.8) is 0 Å². The van der Waals surface area contributed by atoms with Crippen LogP contribution in [-0.2, 0) is 14.8 Å². The van der Waals surface area contributed by atoms with Crippen LogP contribution < -0.4 is 5.32 Å². The Bertz CT molecular complexity index is 869. The number of benzene rings is 1. The highest BCUT2D eigenvalue weighted by Crippen LogP contribution is 2.30. The van der Waals surface area contributed by atoms with Gasteiger partial charge in [0.05, 0.1) is 22.0 Å². The molecular formula is C21H34N4O5S. The second-order valence-corrected chi connectivity index (χ2v) is 10.8. The van der Waals surface area contributed by atoms with Crippen LogP contribution in [0.25, 0.3) is 0 Å². The number of nitrogens with one attached hydrogen (secondary N) is 1. The third kappa shape index (κ3) is 6.15. The molecule has 3 atom stereocenters. The van der Waals surface area contributed by atoms with Gasteiger partial charge in [-0.2, -0.15) is 4.31 Å². The molecule has 2 fully saturated rings. The molecule has 9 nitrogen and oxygen atoms in total. The smallest absolute Gasteiger partial charge is 0.293 e. The number of anilines is 1. The molecule has 0 spiro atoms. The van der Waals surface area contributed by atoms with Crippen molar-refractivity contribution < 1.29 is 18.1 Å². The number of nitro benzene ring substituents is 1. The largest absolute Gasteiger partial charge is 0.379 e. The minimum Gasteiger partial charge on any atom is -0.379 e. The number of rotatable bonds is 8. The molecule has 0 aliphatic carbocycles. The Morgan fingerprint density at radius 1 is 1.19 bits per heavy atom. The quantitative estimate of drug-likeness (QED) is 0.366. The van der Waals surface area contributed by atoms with Crippen molar-refractivity contribution in [2.24, 2.45) is 5.92 Å². The number of piperidine rings is 1. The van der Waals surface area contributed by atoms with Crippen LogP contribution in [0.4, 0.5) is 11.4 Å². The maximum atomic E-state index is 13.0. The van der Waals surface area contributed by atoms with Gasteiger partial charge in [-0.3, -0.25) is 15.0 Å². The standard InChI is InChI=1S/C21H34N4O5S/c1-16-6-4-11-24(13-16)31(28,29)19-7-8-20(21(12-19)25(26)27)22-9-5-10-23-14-17(2)30-18(3)15-23/h7-8,12,16-18,22H,4-6,9-11,13-15H2,1-3H3.